The lowest BCUT2D eigenvalue weighted by Crippen LogP contribution is -2.14. The van der Waals surface area contributed by atoms with Crippen molar-refractivity contribution in [2.45, 2.75) is 17.6 Å². The van der Waals surface area contributed by atoms with Crippen molar-refractivity contribution in [2.75, 3.05) is 18.4 Å². The number of anilines is 1. The van der Waals surface area contributed by atoms with E-state index in [1.54, 1.807) is 6.20 Å². The van der Waals surface area contributed by atoms with Gasteiger partial charge in [-0.2, -0.15) is 18.3 Å². The maximum atomic E-state index is 12.8. The highest BCUT2D eigenvalue weighted by Crippen LogP contribution is 2.33. The van der Waals surface area contributed by atoms with Crippen molar-refractivity contribution in [3.63, 3.8) is 0 Å². The first-order valence-electron chi connectivity index (χ1n) is 7.44. The van der Waals surface area contributed by atoms with Crippen LogP contribution in [0.1, 0.15) is 5.56 Å². The summed E-state index contributed by atoms with van der Waals surface area (Å²) in [6, 6.07) is 4.31. The van der Waals surface area contributed by atoms with E-state index in [2.05, 4.69) is 14.8 Å². The standard InChI is InChI=1S/C15H15F3N4O3S/c1-25-7-6-22-5-4-14(20-22)21-26(23,24)13-9-19-12-8-10(15(16,17)18)2-3-11(12)13/h2-5,8-9,19H,6-7H2,1H3,(H,20,21). The molecule has 2 N–H and O–H groups in total. The van der Waals surface area contributed by atoms with Gasteiger partial charge >= 0.3 is 6.18 Å². The maximum Gasteiger partial charge on any atom is 0.416 e. The van der Waals surface area contributed by atoms with Gasteiger partial charge in [0.25, 0.3) is 10.0 Å². The van der Waals surface area contributed by atoms with Gasteiger partial charge < -0.3 is 9.72 Å². The van der Waals surface area contributed by atoms with E-state index < -0.39 is 21.8 Å². The molecule has 0 aliphatic carbocycles. The number of alkyl halides is 3. The van der Waals surface area contributed by atoms with Gasteiger partial charge in [-0.25, -0.2) is 8.42 Å². The lowest BCUT2D eigenvalue weighted by Gasteiger charge is -2.07. The van der Waals surface area contributed by atoms with E-state index in [4.69, 9.17) is 4.74 Å². The highest BCUT2D eigenvalue weighted by molar-refractivity contribution is 7.93. The zero-order valence-electron chi connectivity index (χ0n) is 13.5. The minimum atomic E-state index is -4.51. The smallest absolute Gasteiger partial charge is 0.383 e. The third kappa shape index (κ3) is 3.68. The number of H-pyrrole nitrogens is 1. The minimum Gasteiger partial charge on any atom is -0.383 e. The molecule has 26 heavy (non-hydrogen) atoms. The first-order chi connectivity index (χ1) is 12.2. The van der Waals surface area contributed by atoms with E-state index >= 15 is 0 Å². The Hall–Kier alpha value is -2.53. The number of hydrogen-bond acceptors (Lipinski definition) is 4. The fourth-order valence-corrected chi connectivity index (χ4v) is 3.59. The van der Waals surface area contributed by atoms with E-state index in [1.165, 1.54) is 17.9 Å². The quantitative estimate of drug-likeness (QED) is 0.680. The van der Waals surface area contributed by atoms with Gasteiger partial charge in [0, 0.05) is 36.5 Å². The SMILES string of the molecule is COCCn1ccc(NS(=O)(=O)c2c[nH]c3cc(C(F)(F)F)ccc23)n1. The molecule has 7 nitrogen and oxygen atoms in total. The van der Waals surface area contributed by atoms with Gasteiger partial charge in [-0.1, -0.05) is 6.07 Å². The Morgan fingerprint density at radius 1 is 1.31 bits per heavy atom. The Bertz CT molecular complexity index is 1020. The average Bonchev–Trinajstić information content (AvgIpc) is 3.17. The molecule has 2 aromatic heterocycles. The lowest BCUT2D eigenvalue weighted by atomic mass is 10.1. The Balaban J connectivity index is 1.88. The second-order valence-corrected chi connectivity index (χ2v) is 7.12. The van der Waals surface area contributed by atoms with Crippen LogP contribution in [0.3, 0.4) is 0 Å². The number of rotatable bonds is 6. The van der Waals surface area contributed by atoms with Crippen LogP contribution in [0.15, 0.2) is 41.6 Å². The summed E-state index contributed by atoms with van der Waals surface area (Å²) in [6.45, 7) is 0.864. The van der Waals surface area contributed by atoms with E-state index in [1.807, 2.05) is 0 Å². The van der Waals surface area contributed by atoms with Crippen molar-refractivity contribution < 1.29 is 26.3 Å². The van der Waals surface area contributed by atoms with Crippen LogP contribution in [-0.2, 0) is 27.5 Å². The van der Waals surface area contributed by atoms with Crippen molar-refractivity contribution >= 4 is 26.7 Å². The van der Waals surface area contributed by atoms with Crippen molar-refractivity contribution in [3.05, 3.63) is 42.2 Å². The predicted molar refractivity (Wildman–Crippen MR) is 88.2 cm³/mol. The number of halogens is 3. The number of nitrogens with zero attached hydrogens (tertiary/aromatic N) is 2. The molecule has 0 radical (unpaired) electrons. The first-order valence-corrected chi connectivity index (χ1v) is 8.92. The number of aromatic amines is 1. The number of ether oxygens (including phenoxy) is 1. The van der Waals surface area contributed by atoms with Gasteiger partial charge in [0.2, 0.25) is 0 Å². The largest absolute Gasteiger partial charge is 0.416 e. The van der Waals surface area contributed by atoms with Crippen molar-refractivity contribution in [3.8, 4) is 0 Å². The van der Waals surface area contributed by atoms with Crippen molar-refractivity contribution in [1.29, 1.82) is 0 Å². The summed E-state index contributed by atoms with van der Waals surface area (Å²) < 4.78 is 72.2. The number of benzene rings is 1. The molecular formula is C15H15F3N4O3S. The predicted octanol–water partition coefficient (Wildman–Crippen LogP) is 2.83. The lowest BCUT2D eigenvalue weighted by molar-refractivity contribution is -0.137. The third-order valence-corrected chi connectivity index (χ3v) is 5.06. The average molecular weight is 388 g/mol. The van der Waals surface area contributed by atoms with Crippen LogP contribution < -0.4 is 4.72 Å². The van der Waals surface area contributed by atoms with Crippen molar-refractivity contribution in [1.82, 2.24) is 14.8 Å². The van der Waals surface area contributed by atoms with E-state index in [0.717, 1.165) is 24.4 Å². The fourth-order valence-electron chi connectivity index (χ4n) is 2.42. The fraction of sp³-hybridized carbons (Fsp3) is 0.267. The molecule has 0 aliphatic rings. The second kappa shape index (κ2) is 6.65. The molecule has 140 valence electrons. The maximum absolute atomic E-state index is 12.8. The van der Waals surface area contributed by atoms with E-state index in [-0.39, 0.29) is 21.6 Å². The Kier molecular flexibility index (Phi) is 4.67. The monoisotopic (exact) mass is 388 g/mol. The second-order valence-electron chi connectivity index (χ2n) is 5.47. The zero-order chi connectivity index (χ0) is 18.9. The summed E-state index contributed by atoms with van der Waals surface area (Å²) >= 11 is 0. The van der Waals surface area contributed by atoms with Gasteiger partial charge in [-0.3, -0.25) is 9.40 Å². The molecule has 11 heteroatoms. The van der Waals surface area contributed by atoms with Crippen LogP contribution >= 0.6 is 0 Å². The summed E-state index contributed by atoms with van der Waals surface area (Å²) in [6.07, 6.45) is -1.78. The van der Waals surface area contributed by atoms with Crippen LogP contribution in [0.5, 0.6) is 0 Å². The number of sulfonamides is 1. The molecule has 3 rings (SSSR count). The van der Waals surface area contributed by atoms with Crippen LogP contribution in [0.4, 0.5) is 19.0 Å². The first kappa shape index (κ1) is 18.3. The normalized spacial score (nSPS) is 12.6. The molecule has 0 fully saturated rings. The van der Waals surface area contributed by atoms with Gasteiger partial charge in [0.1, 0.15) is 4.90 Å². The van der Waals surface area contributed by atoms with Crippen LogP contribution in [0.2, 0.25) is 0 Å². The topological polar surface area (TPSA) is 89.0 Å². The van der Waals surface area contributed by atoms with Gasteiger partial charge in [0.05, 0.1) is 18.7 Å². The molecule has 0 aliphatic heterocycles. The van der Waals surface area contributed by atoms with E-state index in [0.29, 0.717) is 13.2 Å². The summed E-state index contributed by atoms with van der Waals surface area (Å²) in [5.74, 6) is 0.0994. The van der Waals surface area contributed by atoms with Crippen LogP contribution in [-0.4, -0.2) is 36.9 Å². The van der Waals surface area contributed by atoms with Gasteiger partial charge in [-0.05, 0) is 12.1 Å². The molecule has 0 unspecified atom stereocenters. The third-order valence-electron chi connectivity index (χ3n) is 3.66. The molecule has 3 aromatic rings. The molecule has 0 saturated carbocycles. The highest BCUT2D eigenvalue weighted by atomic mass is 32.2. The van der Waals surface area contributed by atoms with Crippen molar-refractivity contribution in [2.24, 2.45) is 0 Å². The summed E-state index contributed by atoms with van der Waals surface area (Å²) in [7, 11) is -2.49. The number of methoxy groups -OCH3 is 1. The summed E-state index contributed by atoms with van der Waals surface area (Å²) in [5, 5.41) is 4.21. The molecule has 0 bridgehead atoms. The molecule has 0 saturated heterocycles. The number of nitrogens with one attached hydrogen (secondary N) is 2. The van der Waals surface area contributed by atoms with Crippen LogP contribution in [0.25, 0.3) is 10.9 Å². The molecule has 0 amide bonds. The molecular weight excluding hydrogens is 373 g/mol. The zero-order valence-corrected chi connectivity index (χ0v) is 14.4. The minimum absolute atomic E-state index is 0.0748. The molecule has 2 heterocycles. The Labute approximate surface area is 146 Å². The van der Waals surface area contributed by atoms with Gasteiger partial charge in [-0.15, -0.1) is 0 Å². The number of fused-ring (bicyclic) bond motifs is 1. The summed E-state index contributed by atoms with van der Waals surface area (Å²) in [5.41, 5.74) is -0.786. The highest BCUT2D eigenvalue weighted by Gasteiger charge is 2.31. The van der Waals surface area contributed by atoms with Crippen LogP contribution in [0, 0.1) is 0 Å². The number of aromatic nitrogens is 3. The van der Waals surface area contributed by atoms with E-state index in [9.17, 15) is 21.6 Å². The summed E-state index contributed by atoms with van der Waals surface area (Å²) in [4.78, 5) is 2.40. The number of hydrogen-bond donors (Lipinski definition) is 2. The molecule has 1 aromatic carbocycles. The van der Waals surface area contributed by atoms with Gasteiger partial charge in [0.15, 0.2) is 5.82 Å². The Morgan fingerprint density at radius 3 is 2.77 bits per heavy atom. The molecule has 0 spiro atoms. The molecule has 0 atom stereocenters. The Morgan fingerprint density at radius 2 is 2.08 bits per heavy atom.